The summed E-state index contributed by atoms with van der Waals surface area (Å²) in [5, 5.41) is 10.2. The van der Waals surface area contributed by atoms with Crippen molar-refractivity contribution in [2.45, 2.75) is 12.8 Å². The standard InChI is InChI=1S/C11H17NO/c1-10(9-12-7-8-13)11-5-3-2-4-6-11/h2-6,10,12-13H,7-9H2,1H3/p+1. The SMILES string of the molecule is CC(CNCC[OH2+])c1ccccc1. The average Bonchev–Trinajstić information content (AvgIpc) is 2.19. The first-order valence-electron chi connectivity index (χ1n) is 4.75. The van der Waals surface area contributed by atoms with Gasteiger partial charge in [0.05, 0.1) is 6.54 Å². The Morgan fingerprint density at radius 2 is 2.00 bits per heavy atom. The number of benzene rings is 1. The predicted octanol–water partition coefficient (Wildman–Crippen LogP) is 1.10. The van der Waals surface area contributed by atoms with E-state index in [9.17, 15) is 0 Å². The van der Waals surface area contributed by atoms with Crippen LogP contribution < -0.4 is 5.32 Å². The Kier molecular flexibility index (Phi) is 4.50. The fourth-order valence-electron chi connectivity index (χ4n) is 1.31. The molecule has 1 atom stereocenters. The van der Waals surface area contributed by atoms with E-state index >= 15 is 0 Å². The van der Waals surface area contributed by atoms with Crippen LogP contribution in [0.15, 0.2) is 30.3 Å². The first-order valence-corrected chi connectivity index (χ1v) is 4.75. The summed E-state index contributed by atoms with van der Waals surface area (Å²) in [6.45, 7) is 4.41. The first kappa shape index (κ1) is 10.2. The van der Waals surface area contributed by atoms with Crippen LogP contribution in [0.3, 0.4) is 0 Å². The summed E-state index contributed by atoms with van der Waals surface area (Å²) < 4.78 is 0. The average molecular weight is 180 g/mol. The van der Waals surface area contributed by atoms with Crippen LogP contribution in [0.2, 0.25) is 0 Å². The zero-order chi connectivity index (χ0) is 9.52. The molecule has 1 rings (SSSR count). The van der Waals surface area contributed by atoms with Gasteiger partial charge in [0.1, 0.15) is 0 Å². The van der Waals surface area contributed by atoms with Gasteiger partial charge in [-0.05, 0) is 11.5 Å². The third-order valence-corrected chi connectivity index (χ3v) is 2.12. The molecule has 2 heteroatoms. The molecule has 0 fully saturated rings. The van der Waals surface area contributed by atoms with Crippen molar-refractivity contribution in [2.24, 2.45) is 0 Å². The highest BCUT2D eigenvalue weighted by Gasteiger charge is 2.02. The lowest BCUT2D eigenvalue weighted by Crippen LogP contribution is -2.23. The minimum atomic E-state index is 0.460. The fraction of sp³-hybridized carbons (Fsp3) is 0.455. The zero-order valence-electron chi connectivity index (χ0n) is 8.09. The van der Waals surface area contributed by atoms with Gasteiger partial charge in [-0.1, -0.05) is 37.3 Å². The van der Waals surface area contributed by atoms with E-state index in [2.05, 4.69) is 36.5 Å². The molecule has 0 saturated heterocycles. The van der Waals surface area contributed by atoms with Crippen LogP contribution in [0.4, 0.5) is 0 Å². The van der Waals surface area contributed by atoms with Crippen molar-refractivity contribution in [2.75, 3.05) is 19.7 Å². The van der Waals surface area contributed by atoms with E-state index in [1.54, 1.807) is 0 Å². The lowest BCUT2D eigenvalue weighted by Gasteiger charge is -2.11. The van der Waals surface area contributed by atoms with E-state index in [0.29, 0.717) is 12.5 Å². The summed E-state index contributed by atoms with van der Waals surface area (Å²) in [7, 11) is 0. The Morgan fingerprint density at radius 1 is 1.31 bits per heavy atom. The van der Waals surface area contributed by atoms with Crippen molar-refractivity contribution < 1.29 is 5.11 Å². The summed E-state index contributed by atoms with van der Waals surface area (Å²) in [6, 6.07) is 10.5. The van der Waals surface area contributed by atoms with Gasteiger partial charge in [-0.2, -0.15) is 0 Å². The molecule has 0 radical (unpaired) electrons. The smallest absolute Gasteiger partial charge is 0.156 e. The maximum atomic E-state index is 6.99. The van der Waals surface area contributed by atoms with Gasteiger partial charge in [-0.15, -0.1) is 0 Å². The summed E-state index contributed by atoms with van der Waals surface area (Å²) >= 11 is 0. The van der Waals surface area contributed by atoms with E-state index in [0.717, 1.165) is 13.1 Å². The quantitative estimate of drug-likeness (QED) is 0.534. The molecular weight excluding hydrogens is 162 g/mol. The molecule has 1 unspecified atom stereocenters. The molecule has 0 heterocycles. The maximum absolute atomic E-state index is 6.99. The molecule has 2 nitrogen and oxygen atoms in total. The van der Waals surface area contributed by atoms with Crippen molar-refractivity contribution in [3.63, 3.8) is 0 Å². The van der Waals surface area contributed by atoms with Crippen LogP contribution in [0.1, 0.15) is 18.4 Å². The van der Waals surface area contributed by atoms with Crippen LogP contribution in [0.25, 0.3) is 0 Å². The van der Waals surface area contributed by atoms with Crippen molar-refractivity contribution in [1.82, 2.24) is 5.32 Å². The Labute approximate surface area is 79.6 Å². The molecule has 0 saturated carbocycles. The number of hydrogen-bond acceptors (Lipinski definition) is 1. The molecule has 0 amide bonds. The van der Waals surface area contributed by atoms with Gasteiger partial charge >= 0.3 is 0 Å². The molecule has 0 aliphatic heterocycles. The van der Waals surface area contributed by atoms with Gasteiger partial charge < -0.3 is 10.4 Å². The maximum Gasteiger partial charge on any atom is 0.156 e. The molecule has 0 aliphatic rings. The number of hydrogen-bond donors (Lipinski definition) is 1. The molecule has 3 N–H and O–H groups in total. The second kappa shape index (κ2) is 5.73. The largest absolute Gasteiger partial charge is 0.444 e. The van der Waals surface area contributed by atoms with Crippen molar-refractivity contribution in [3.05, 3.63) is 35.9 Å². The Morgan fingerprint density at radius 3 is 2.62 bits per heavy atom. The second-order valence-corrected chi connectivity index (χ2v) is 3.27. The molecule has 72 valence electrons. The molecule has 0 aliphatic carbocycles. The number of rotatable bonds is 5. The van der Waals surface area contributed by atoms with Crippen LogP contribution in [-0.2, 0) is 0 Å². The fourth-order valence-corrected chi connectivity index (χ4v) is 1.31. The molecule has 13 heavy (non-hydrogen) atoms. The Bertz CT molecular complexity index is 223. The highest BCUT2D eigenvalue weighted by atomic mass is 16.3. The van der Waals surface area contributed by atoms with Gasteiger partial charge in [0.2, 0.25) is 0 Å². The van der Waals surface area contributed by atoms with E-state index in [1.165, 1.54) is 5.56 Å². The van der Waals surface area contributed by atoms with Gasteiger partial charge in [-0.3, -0.25) is 0 Å². The van der Waals surface area contributed by atoms with Crippen LogP contribution in [-0.4, -0.2) is 24.8 Å². The molecule has 1 aromatic rings. The van der Waals surface area contributed by atoms with Crippen molar-refractivity contribution >= 4 is 0 Å². The lowest BCUT2D eigenvalue weighted by atomic mass is 10.0. The minimum Gasteiger partial charge on any atom is -0.444 e. The van der Waals surface area contributed by atoms with Gasteiger partial charge in [0.25, 0.3) is 0 Å². The van der Waals surface area contributed by atoms with Crippen LogP contribution >= 0.6 is 0 Å². The third-order valence-electron chi connectivity index (χ3n) is 2.12. The topological polar surface area (TPSA) is 34.9 Å². The number of nitrogens with one attached hydrogen (secondary N) is 1. The summed E-state index contributed by atoms with van der Waals surface area (Å²) in [5.74, 6) is 0.535. The Balaban J connectivity index is 2.35. The van der Waals surface area contributed by atoms with E-state index < -0.39 is 0 Å². The molecule has 0 bridgehead atoms. The van der Waals surface area contributed by atoms with Crippen LogP contribution in [0.5, 0.6) is 0 Å². The first-order chi connectivity index (χ1) is 6.34. The summed E-state index contributed by atoms with van der Waals surface area (Å²) in [4.78, 5) is 0. The molecule has 0 spiro atoms. The van der Waals surface area contributed by atoms with Crippen molar-refractivity contribution in [3.8, 4) is 0 Å². The predicted molar refractivity (Wildman–Crippen MR) is 56.2 cm³/mol. The Hall–Kier alpha value is -0.860. The zero-order valence-corrected chi connectivity index (χ0v) is 8.09. The van der Waals surface area contributed by atoms with E-state index in [1.807, 2.05) is 6.07 Å². The third kappa shape index (κ3) is 3.57. The summed E-state index contributed by atoms with van der Waals surface area (Å²) in [5.41, 5.74) is 1.36. The molecular formula is C11H18NO+. The lowest BCUT2D eigenvalue weighted by molar-refractivity contribution is 0.291. The monoisotopic (exact) mass is 180 g/mol. The van der Waals surface area contributed by atoms with E-state index in [-0.39, 0.29) is 0 Å². The highest BCUT2D eigenvalue weighted by Crippen LogP contribution is 2.12. The van der Waals surface area contributed by atoms with Crippen LogP contribution in [0, 0.1) is 0 Å². The highest BCUT2D eigenvalue weighted by molar-refractivity contribution is 5.18. The molecule has 1 aromatic carbocycles. The van der Waals surface area contributed by atoms with Gasteiger partial charge in [0, 0.05) is 6.54 Å². The minimum absolute atomic E-state index is 0.460. The van der Waals surface area contributed by atoms with E-state index in [4.69, 9.17) is 5.11 Å². The second-order valence-electron chi connectivity index (χ2n) is 3.27. The molecule has 0 aromatic heterocycles. The summed E-state index contributed by atoms with van der Waals surface area (Å²) in [6.07, 6.45) is 0. The van der Waals surface area contributed by atoms with Gasteiger partial charge in [0.15, 0.2) is 6.61 Å². The van der Waals surface area contributed by atoms with Gasteiger partial charge in [-0.25, -0.2) is 0 Å². The van der Waals surface area contributed by atoms with Crippen molar-refractivity contribution in [1.29, 1.82) is 0 Å². The normalized spacial score (nSPS) is 12.8.